The monoisotopic (exact) mass is 523 g/mol. The third kappa shape index (κ3) is 21.3. The molecule has 0 aliphatic carbocycles. The quantitative estimate of drug-likeness (QED) is 0.362. The van der Waals surface area contributed by atoms with E-state index < -0.39 is 0 Å². The van der Waals surface area contributed by atoms with Crippen molar-refractivity contribution in [3.63, 3.8) is 0 Å². The van der Waals surface area contributed by atoms with E-state index in [1.165, 1.54) is 11.1 Å². The molecule has 0 aliphatic heterocycles. The Morgan fingerprint density at radius 1 is 0.500 bits per heavy atom. The summed E-state index contributed by atoms with van der Waals surface area (Å²) in [7, 11) is 0. The van der Waals surface area contributed by atoms with Gasteiger partial charge in [-0.15, -0.1) is 0 Å². The molecule has 4 nitrogen and oxygen atoms in total. The Balaban J connectivity index is -0.0000000521. The fourth-order valence-electron chi connectivity index (χ4n) is 2.43. The van der Waals surface area contributed by atoms with Gasteiger partial charge in [-0.25, -0.2) is 0 Å². The average Bonchev–Trinajstić information content (AvgIpc) is 2.67. The van der Waals surface area contributed by atoms with Crippen LogP contribution in [0, 0.1) is 0 Å². The van der Waals surface area contributed by atoms with Gasteiger partial charge in [-0.3, -0.25) is 0 Å². The first kappa shape index (κ1) is 70.0. The van der Waals surface area contributed by atoms with Gasteiger partial charge in [-0.05, 0) is 35.4 Å². The normalized spacial score (nSPS) is 7.39. The Labute approximate surface area is 232 Å². The molecule has 4 heteroatoms. The molecule has 2 aromatic carbocycles. The molecule has 2 aromatic rings. The van der Waals surface area contributed by atoms with E-state index in [-0.39, 0.29) is 100 Å². The first-order chi connectivity index (χ1) is 12.1. The van der Waals surface area contributed by atoms with Crippen LogP contribution >= 0.6 is 0 Å². The van der Waals surface area contributed by atoms with Crippen molar-refractivity contribution in [3.05, 3.63) is 59.7 Å². The molecule has 0 unspecified atom stereocenters. The second-order valence-electron chi connectivity index (χ2n) is 5.82. The van der Waals surface area contributed by atoms with Gasteiger partial charge < -0.3 is 19.7 Å². The summed E-state index contributed by atoms with van der Waals surface area (Å²) in [6, 6.07) is 15.9. The highest BCUT2D eigenvalue weighted by atomic mass is 16.5. The van der Waals surface area contributed by atoms with Crippen LogP contribution in [0.25, 0.3) is 0 Å². The zero-order chi connectivity index (χ0) is 18.7. The molecule has 226 valence electrons. The Morgan fingerprint density at radius 3 is 0.917 bits per heavy atom. The lowest BCUT2D eigenvalue weighted by Gasteiger charge is -2.26. The molecule has 0 radical (unpaired) electrons. The second kappa shape index (κ2) is 37.5. The SMILES string of the molecule is C.C.C.C.C.C.C.C.C.C.C.CC.CC(C)(c1ccc(OCCO)cc1)c1ccc(OCCO)cc1. The molecule has 2 N–H and O–H groups in total. The van der Waals surface area contributed by atoms with Crippen LogP contribution in [0.5, 0.6) is 11.5 Å². The van der Waals surface area contributed by atoms with Crippen molar-refractivity contribution in [1.82, 2.24) is 0 Å². The molecule has 0 heterocycles. The zero-order valence-electron chi connectivity index (χ0n) is 15.7. The molecule has 0 fully saturated rings. The van der Waals surface area contributed by atoms with Gasteiger partial charge in [-0.1, -0.05) is 134 Å². The third-order valence-electron chi connectivity index (χ3n) is 3.87. The van der Waals surface area contributed by atoms with Crippen molar-refractivity contribution in [2.45, 2.75) is 115 Å². The lowest BCUT2D eigenvalue weighted by atomic mass is 9.78. The van der Waals surface area contributed by atoms with Gasteiger partial charge in [0.05, 0.1) is 13.2 Å². The van der Waals surface area contributed by atoms with E-state index in [4.69, 9.17) is 19.7 Å². The van der Waals surface area contributed by atoms with Crippen LogP contribution in [0.4, 0.5) is 0 Å². The van der Waals surface area contributed by atoms with Crippen LogP contribution in [-0.4, -0.2) is 36.6 Å². The van der Waals surface area contributed by atoms with E-state index in [1.54, 1.807) is 0 Å². The Morgan fingerprint density at radius 2 is 0.722 bits per heavy atom. The molecular weight excluding hydrogens is 448 g/mol. The highest BCUT2D eigenvalue weighted by molar-refractivity contribution is 5.41. The summed E-state index contributed by atoms with van der Waals surface area (Å²) in [6.45, 7) is 8.96. The highest BCUT2D eigenvalue weighted by Gasteiger charge is 2.23. The van der Waals surface area contributed by atoms with Gasteiger partial charge in [0, 0.05) is 5.41 Å². The number of aliphatic hydroxyl groups excluding tert-OH is 2. The minimum Gasteiger partial charge on any atom is -0.491 e. The summed E-state index contributed by atoms with van der Waals surface area (Å²) in [5.74, 6) is 1.51. The number of ether oxygens (including phenoxy) is 2. The molecule has 36 heavy (non-hydrogen) atoms. The lowest BCUT2D eigenvalue weighted by molar-refractivity contribution is 0.201. The number of rotatable bonds is 8. The minimum absolute atomic E-state index is 0. The fraction of sp³-hybridized carbons (Fsp3) is 0.625. The topological polar surface area (TPSA) is 58.9 Å². The van der Waals surface area contributed by atoms with E-state index in [0.717, 1.165) is 11.5 Å². The maximum absolute atomic E-state index is 8.79. The van der Waals surface area contributed by atoms with Crippen LogP contribution < -0.4 is 9.47 Å². The van der Waals surface area contributed by atoms with Crippen LogP contribution in [0.1, 0.15) is 121 Å². The summed E-state index contributed by atoms with van der Waals surface area (Å²) >= 11 is 0. The van der Waals surface area contributed by atoms with Gasteiger partial charge in [0.1, 0.15) is 24.7 Å². The molecule has 0 saturated heterocycles. The lowest BCUT2D eigenvalue weighted by Crippen LogP contribution is -2.18. The van der Waals surface area contributed by atoms with Crippen molar-refractivity contribution in [3.8, 4) is 11.5 Å². The van der Waals surface area contributed by atoms with Crippen LogP contribution in [0.15, 0.2) is 48.5 Å². The average molecular weight is 523 g/mol. The van der Waals surface area contributed by atoms with E-state index in [2.05, 4.69) is 13.8 Å². The summed E-state index contributed by atoms with van der Waals surface area (Å²) in [6.07, 6.45) is 0. The number of hydrogen-bond acceptors (Lipinski definition) is 4. The number of hydrogen-bond donors (Lipinski definition) is 2. The summed E-state index contributed by atoms with van der Waals surface area (Å²) in [4.78, 5) is 0. The predicted octanol–water partition coefficient (Wildman–Crippen LogP) is 10.8. The second-order valence-corrected chi connectivity index (χ2v) is 5.82. The molecule has 0 atom stereocenters. The Kier molecular flexibility index (Phi) is 72.9. The van der Waals surface area contributed by atoms with E-state index in [9.17, 15) is 0 Å². The van der Waals surface area contributed by atoms with E-state index >= 15 is 0 Å². The molecule has 0 bridgehead atoms. The van der Waals surface area contributed by atoms with Gasteiger partial charge in [0.25, 0.3) is 0 Å². The van der Waals surface area contributed by atoms with Gasteiger partial charge in [-0.2, -0.15) is 0 Å². The van der Waals surface area contributed by atoms with Crippen LogP contribution in [-0.2, 0) is 5.41 Å². The summed E-state index contributed by atoms with van der Waals surface area (Å²) in [5, 5.41) is 17.6. The highest BCUT2D eigenvalue weighted by Crippen LogP contribution is 2.33. The smallest absolute Gasteiger partial charge is 0.119 e. The van der Waals surface area contributed by atoms with Crippen molar-refractivity contribution < 1.29 is 19.7 Å². The zero-order valence-corrected chi connectivity index (χ0v) is 15.7. The fourth-order valence-corrected chi connectivity index (χ4v) is 2.43. The van der Waals surface area contributed by atoms with Crippen molar-refractivity contribution in [2.24, 2.45) is 0 Å². The standard InChI is InChI=1S/C19H24O4.C2H6.11CH4/c1-19(2,15-3-7-17(8-4-15)22-13-11-20)16-5-9-18(10-6-16)23-14-12-21;1-2;;;;;;;;;;;/h3-10,20-21H,11-14H2,1-2H3;1-2H3;11*1H4. The van der Waals surface area contributed by atoms with E-state index in [0.29, 0.717) is 13.2 Å². The Hall–Kier alpha value is -2.04. The molecule has 0 aromatic heterocycles. The van der Waals surface area contributed by atoms with Crippen molar-refractivity contribution >= 4 is 0 Å². The Bertz CT molecular complexity index is 537. The van der Waals surface area contributed by atoms with Gasteiger partial charge in [0.15, 0.2) is 0 Å². The first-order valence-electron chi connectivity index (χ1n) is 8.76. The van der Waals surface area contributed by atoms with Gasteiger partial charge in [0.2, 0.25) is 0 Å². The predicted molar refractivity (Wildman–Crippen MR) is 176 cm³/mol. The van der Waals surface area contributed by atoms with Crippen molar-refractivity contribution in [2.75, 3.05) is 26.4 Å². The first-order valence-corrected chi connectivity index (χ1v) is 8.76. The van der Waals surface area contributed by atoms with Gasteiger partial charge >= 0.3 is 0 Å². The van der Waals surface area contributed by atoms with Crippen molar-refractivity contribution in [1.29, 1.82) is 0 Å². The maximum atomic E-state index is 8.79. The summed E-state index contributed by atoms with van der Waals surface area (Å²) < 4.78 is 10.8. The molecule has 0 amide bonds. The molecule has 0 saturated carbocycles. The largest absolute Gasteiger partial charge is 0.491 e. The molecule has 0 aliphatic rings. The van der Waals surface area contributed by atoms with Crippen LogP contribution in [0.3, 0.4) is 0 Å². The molecule has 2 rings (SSSR count). The van der Waals surface area contributed by atoms with E-state index in [1.807, 2.05) is 62.4 Å². The number of aliphatic hydroxyl groups is 2. The third-order valence-corrected chi connectivity index (χ3v) is 3.87. The molecular formula is C32H74O4. The maximum Gasteiger partial charge on any atom is 0.119 e. The molecule has 0 spiro atoms. The number of benzene rings is 2. The van der Waals surface area contributed by atoms with Crippen LogP contribution in [0.2, 0.25) is 0 Å². The minimum atomic E-state index is -0.148. The summed E-state index contributed by atoms with van der Waals surface area (Å²) in [5.41, 5.74) is 2.21.